The number of nitrogens with zero attached hydrogens (tertiary/aromatic N) is 3. The van der Waals surface area contributed by atoms with Crippen LogP contribution in [0.15, 0.2) is 164 Å². The first-order chi connectivity index (χ1) is 23.3. The zero-order valence-electron chi connectivity index (χ0n) is 25.3. The molecule has 7 aromatic carbocycles. The van der Waals surface area contributed by atoms with Crippen molar-refractivity contribution in [2.24, 2.45) is 0 Å². The quantitative estimate of drug-likeness (QED) is 0.193. The summed E-state index contributed by atoms with van der Waals surface area (Å²) in [7, 11) is 0. The van der Waals surface area contributed by atoms with Gasteiger partial charge < -0.3 is 0 Å². The van der Waals surface area contributed by atoms with Crippen LogP contribution in [0.1, 0.15) is 0 Å². The molecule has 0 spiro atoms. The van der Waals surface area contributed by atoms with Crippen LogP contribution >= 0.6 is 11.3 Å². The molecule has 0 saturated carbocycles. The average Bonchev–Trinajstić information content (AvgIpc) is 3.54. The minimum Gasteiger partial charge on any atom is -0.208 e. The molecule has 9 aromatic rings. The number of rotatable bonds is 5. The molecule has 220 valence electrons. The lowest BCUT2D eigenvalue weighted by molar-refractivity contribution is 1.07. The van der Waals surface area contributed by atoms with E-state index in [0.29, 0.717) is 17.5 Å². The number of hydrogen-bond donors (Lipinski definition) is 0. The molecule has 9 rings (SSSR count). The van der Waals surface area contributed by atoms with Crippen molar-refractivity contribution in [3.05, 3.63) is 164 Å². The Morgan fingerprint density at radius 2 is 0.851 bits per heavy atom. The maximum Gasteiger partial charge on any atom is 0.164 e. The Balaban J connectivity index is 1.18. The summed E-state index contributed by atoms with van der Waals surface area (Å²) in [5.74, 6) is 1.95. The van der Waals surface area contributed by atoms with Crippen LogP contribution in [-0.2, 0) is 0 Å². The molecule has 47 heavy (non-hydrogen) atoms. The van der Waals surface area contributed by atoms with Gasteiger partial charge in [0.2, 0.25) is 0 Å². The van der Waals surface area contributed by atoms with Gasteiger partial charge in [-0.15, -0.1) is 11.3 Å². The number of fused-ring (bicyclic) bond motifs is 4. The van der Waals surface area contributed by atoms with Crippen molar-refractivity contribution < 1.29 is 0 Å². The summed E-state index contributed by atoms with van der Waals surface area (Å²) in [5, 5.41) is 5.00. The lowest BCUT2D eigenvalue weighted by Crippen LogP contribution is -2.01. The molecular weight excluding hydrogens is 591 g/mol. The fourth-order valence-electron chi connectivity index (χ4n) is 6.49. The molecular formula is C43H27N3S. The maximum absolute atomic E-state index is 5.13. The first-order valence-electron chi connectivity index (χ1n) is 15.7. The SMILES string of the molecule is c1ccc(-c2nc(-c3ccc(-c4cccc5c4sc4ccccc45)cc3)nc(-c3ccccc3-c3cccc4ccccc34)n2)cc1. The van der Waals surface area contributed by atoms with Gasteiger partial charge in [0, 0.05) is 36.9 Å². The maximum atomic E-state index is 5.13. The van der Waals surface area contributed by atoms with Crippen LogP contribution in [0.4, 0.5) is 0 Å². The van der Waals surface area contributed by atoms with Crippen molar-refractivity contribution in [3.8, 4) is 56.4 Å². The van der Waals surface area contributed by atoms with Crippen LogP contribution in [0.2, 0.25) is 0 Å². The number of aromatic nitrogens is 3. The molecule has 0 fully saturated rings. The molecule has 2 aromatic heterocycles. The van der Waals surface area contributed by atoms with Gasteiger partial charge in [-0.1, -0.05) is 158 Å². The Morgan fingerprint density at radius 1 is 0.319 bits per heavy atom. The van der Waals surface area contributed by atoms with Crippen molar-refractivity contribution in [3.63, 3.8) is 0 Å². The predicted molar refractivity (Wildman–Crippen MR) is 197 cm³/mol. The third-order valence-electron chi connectivity index (χ3n) is 8.77. The van der Waals surface area contributed by atoms with Crippen molar-refractivity contribution in [2.45, 2.75) is 0 Å². The number of thiophene rings is 1. The lowest BCUT2D eigenvalue weighted by Gasteiger charge is -2.14. The molecule has 0 saturated heterocycles. The lowest BCUT2D eigenvalue weighted by atomic mass is 9.94. The van der Waals surface area contributed by atoms with Crippen LogP contribution in [0, 0.1) is 0 Å². The van der Waals surface area contributed by atoms with Crippen LogP contribution in [0.25, 0.3) is 87.4 Å². The highest BCUT2D eigenvalue weighted by atomic mass is 32.1. The first kappa shape index (κ1) is 27.3. The fourth-order valence-corrected chi connectivity index (χ4v) is 7.73. The number of hydrogen-bond acceptors (Lipinski definition) is 4. The summed E-state index contributed by atoms with van der Waals surface area (Å²) in [5.41, 5.74) is 7.52. The molecule has 0 bridgehead atoms. The van der Waals surface area contributed by atoms with E-state index >= 15 is 0 Å². The van der Waals surface area contributed by atoms with Crippen LogP contribution in [-0.4, -0.2) is 15.0 Å². The van der Waals surface area contributed by atoms with E-state index in [4.69, 9.17) is 15.0 Å². The van der Waals surface area contributed by atoms with Gasteiger partial charge in [0.1, 0.15) is 0 Å². The van der Waals surface area contributed by atoms with Gasteiger partial charge in [-0.3, -0.25) is 0 Å². The van der Waals surface area contributed by atoms with Gasteiger partial charge >= 0.3 is 0 Å². The van der Waals surface area contributed by atoms with Crippen molar-refractivity contribution in [1.29, 1.82) is 0 Å². The van der Waals surface area contributed by atoms with Gasteiger partial charge in [0.05, 0.1) is 0 Å². The van der Waals surface area contributed by atoms with E-state index in [1.165, 1.54) is 42.1 Å². The van der Waals surface area contributed by atoms with E-state index in [2.05, 4.69) is 133 Å². The second-order valence-corrected chi connectivity index (χ2v) is 12.7. The Kier molecular flexibility index (Phi) is 6.65. The van der Waals surface area contributed by atoms with Crippen LogP contribution < -0.4 is 0 Å². The molecule has 2 heterocycles. The van der Waals surface area contributed by atoms with Gasteiger partial charge in [0.15, 0.2) is 17.5 Å². The third-order valence-corrected chi connectivity index (χ3v) is 9.99. The average molecular weight is 618 g/mol. The molecule has 0 aliphatic rings. The summed E-state index contributed by atoms with van der Waals surface area (Å²) in [6.07, 6.45) is 0. The molecule has 3 nitrogen and oxygen atoms in total. The predicted octanol–water partition coefficient (Wildman–Crippen LogP) is 11.7. The summed E-state index contributed by atoms with van der Waals surface area (Å²) < 4.78 is 2.61. The second kappa shape index (κ2) is 11.4. The topological polar surface area (TPSA) is 38.7 Å². The van der Waals surface area contributed by atoms with Gasteiger partial charge in [-0.05, 0) is 39.1 Å². The van der Waals surface area contributed by atoms with E-state index in [1.807, 2.05) is 41.7 Å². The Bertz CT molecular complexity index is 2560. The monoisotopic (exact) mass is 617 g/mol. The molecule has 0 amide bonds. The third kappa shape index (κ3) is 4.87. The van der Waals surface area contributed by atoms with Gasteiger partial charge in [-0.25, -0.2) is 15.0 Å². The minimum absolute atomic E-state index is 0.646. The van der Waals surface area contributed by atoms with E-state index < -0.39 is 0 Å². The van der Waals surface area contributed by atoms with Crippen LogP contribution in [0.5, 0.6) is 0 Å². The van der Waals surface area contributed by atoms with E-state index in [9.17, 15) is 0 Å². The molecule has 4 heteroatoms. The minimum atomic E-state index is 0.646. The summed E-state index contributed by atoms with van der Waals surface area (Å²) >= 11 is 1.85. The van der Waals surface area contributed by atoms with Crippen LogP contribution in [0.3, 0.4) is 0 Å². The second-order valence-electron chi connectivity index (χ2n) is 11.6. The summed E-state index contributed by atoms with van der Waals surface area (Å²) in [6.45, 7) is 0. The van der Waals surface area contributed by atoms with Gasteiger partial charge in [0.25, 0.3) is 0 Å². The molecule has 0 atom stereocenters. The zero-order valence-corrected chi connectivity index (χ0v) is 26.2. The summed E-state index contributed by atoms with van der Waals surface area (Å²) in [4.78, 5) is 15.2. The highest BCUT2D eigenvalue weighted by Gasteiger charge is 2.17. The molecule has 0 N–H and O–H groups in total. The first-order valence-corrected chi connectivity index (χ1v) is 16.5. The normalized spacial score (nSPS) is 11.4. The number of benzene rings is 7. The van der Waals surface area contributed by atoms with E-state index in [1.54, 1.807) is 0 Å². The smallest absolute Gasteiger partial charge is 0.164 e. The van der Waals surface area contributed by atoms with Gasteiger partial charge in [-0.2, -0.15) is 0 Å². The molecule has 0 radical (unpaired) electrons. The van der Waals surface area contributed by atoms with E-state index in [0.717, 1.165) is 27.8 Å². The Hall–Kier alpha value is -5.97. The van der Waals surface area contributed by atoms with Crippen molar-refractivity contribution in [1.82, 2.24) is 15.0 Å². The molecule has 0 aliphatic heterocycles. The summed E-state index contributed by atoms with van der Waals surface area (Å²) in [6, 6.07) is 57.4. The van der Waals surface area contributed by atoms with E-state index in [-0.39, 0.29) is 0 Å². The Morgan fingerprint density at radius 3 is 1.68 bits per heavy atom. The van der Waals surface area contributed by atoms with Crippen molar-refractivity contribution in [2.75, 3.05) is 0 Å². The highest BCUT2D eigenvalue weighted by Crippen LogP contribution is 2.40. The Labute approximate surface area is 276 Å². The fraction of sp³-hybridized carbons (Fsp3) is 0. The highest BCUT2D eigenvalue weighted by molar-refractivity contribution is 7.26. The van der Waals surface area contributed by atoms with Crippen molar-refractivity contribution >= 4 is 42.3 Å². The standard InChI is InChI=1S/C43H27N3S/c1-2-13-30(14-3-1)41-44-42(31-26-24-29(25-27-31)33-20-11-22-37-36-18-8-9-23-39(36)47-40(33)37)46-43(45-41)38-19-7-6-17-35(38)34-21-10-15-28-12-4-5-16-32(28)34/h1-27H. The molecule has 0 aliphatic carbocycles. The zero-order chi connectivity index (χ0) is 31.2. The largest absolute Gasteiger partial charge is 0.208 e. The molecule has 0 unspecified atom stereocenters.